The van der Waals surface area contributed by atoms with E-state index in [1.807, 2.05) is 18.2 Å². The Kier molecular flexibility index (Phi) is 3.27. The number of rotatable bonds is 2. The number of halogens is 2. The number of hydrogen-bond acceptors (Lipinski definition) is 1. The fourth-order valence-electron chi connectivity index (χ4n) is 2.09. The normalized spacial score (nSPS) is 11.0. The van der Waals surface area contributed by atoms with Crippen LogP contribution in [0.4, 0.5) is 0 Å². The van der Waals surface area contributed by atoms with E-state index in [9.17, 15) is 0 Å². The summed E-state index contributed by atoms with van der Waals surface area (Å²) in [5, 5.41) is 1.99. The third kappa shape index (κ3) is 2.02. The molecule has 1 aromatic heterocycles. The van der Waals surface area contributed by atoms with Crippen molar-refractivity contribution in [2.45, 2.75) is 5.33 Å². The lowest BCUT2D eigenvalue weighted by molar-refractivity contribution is 0.589. The third-order valence-corrected chi connectivity index (χ3v) is 4.13. The Hall–Kier alpha value is -1.06. The van der Waals surface area contributed by atoms with Crippen molar-refractivity contribution in [3.63, 3.8) is 0 Å². The van der Waals surface area contributed by atoms with Crippen LogP contribution in [0.1, 0.15) is 5.56 Å². The maximum Gasteiger partial charge on any atom is 0.178 e. The smallest absolute Gasteiger partial charge is 0.178 e. The van der Waals surface area contributed by atoms with Crippen molar-refractivity contribution in [1.82, 2.24) is 0 Å². The first kappa shape index (κ1) is 12.0. The molecule has 0 atom stereocenters. The average Bonchev–Trinajstić information content (AvgIpc) is 2.74. The van der Waals surface area contributed by atoms with E-state index in [1.165, 1.54) is 11.1 Å². The van der Waals surface area contributed by atoms with Crippen molar-refractivity contribution in [2.24, 2.45) is 0 Å². The lowest BCUT2D eigenvalue weighted by atomic mass is 10.0. The second-order valence-electron chi connectivity index (χ2n) is 4.08. The Morgan fingerprint density at radius 1 is 1.00 bits per heavy atom. The van der Waals surface area contributed by atoms with Crippen LogP contribution in [0.2, 0.25) is 0 Å². The van der Waals surface area contributed by atoms with Crippen LogP contribution in [0.15, 0.2) is 57.6 Å². The number of hydrogen-bond donors (Lipinski definition) is 0. The minimum Gasteiger partial charge on any atom is -0.449 e. The average molecular weight is 366 g/mol. The van der Waals surface area contributed by atoms with E-state index in [-0.39, 0.29) is 0 Å². The molecule has 0 aliphatic rings. The summed E-state index contributed by atoms with van der Waals surface area (Å²) in [6.07, 6.45) is 0. The summed E-state index contributed by atoms with van der Waals surface area (Å²) in [7, 11) is 0. The first-order chi connectivity index (χ1) is 8.79. The van der Waals surface area contributed by atoms with Crippen molar-refractivity contribution in [3.8, 4) is 11.1 Å². The largest absolute Gasteiger partial charge is 0.449 e. The highest BCUT2D eigenvalue weighted by atomic mass is 79.9. The van der Waals surface area contributed by atoms with Crippen molar-refractivity contribution in [2.75, 3.05) is 0 Å². The van der Waals surface area contributed by atoms with E-state index in [1.54, 1.807) is 0 Å². The number of furan rings is 1. The second kappa shape index (κ2) is 4.90. The third-order valence-electron chi connectivity index (χ3n) is 2.92. The van der Waals surface area contributed by atoms with Crippen molar-refractivity contribution >= 4 is 42.8 Å². The molecule has 1 nitrogen and oxygen atoms in total. The summed E-state index contributed by atoms with van der Waals surface area (Å²) in [5.41, 5.74) is 4.45. The number of fused-ring (bicyclic) bond motifs is 1. The van der Waals surface area contributed by atoms with Gasteiger partial charge in [0, 0.05) is 16.3 Å². The van der Waals surface area contributed by atoms with Gasteiger partial charge in [0.25, 0.3) is 0 Å². The first-order valence-electron chi connectivity index (χ1n) is 5.62. The van der Waals surface area contributed by atoms with E-state index in [4.69, 9.17) is 4.42 Å². The standard InChI is InChI=1S/C15H10Br2O/c16-9-10-4-3-5-11(8-10)14-12-6-1-2-7-13(12)18-15(14)17/h1-8H,9H2. The Morgan fingerprint density at radius 2 is 1.83 bits per heavy atom. The van der Waals surface area contributed by atoms with Crippen LogP contribution in [0.5, 0.6) is 0 Å². The highest BCUT2D eigenvalue weighted by molar-refractivity contribution is 9.10. The van der Waals surface area contributed by atoms with E-state index < -0.39 is 0 Å². The zero-order valence-electron chi connectivity index (χ0n) is 9.49. The zero-order chi connectivity index (χ0) is 12.5. The van der Waals surface area contributed by atoms with Crippen LogP contribution < -0.4 is 0 Å². The Morgan fingerprint density at radius 3 is 2.67 bits per heavy atom. The molecule has 0 bridgehead atoms. The molecule has 2 aromatic carbocycles. The summed E-state index contributed by atoms with van der Waals surface area (Å²) >= 11 is 7.00. The van der Waals surface area contributed by atoms with Gasteiger partial charge in [-0.2, -0.15) is 0 Å². The van der Waals surface area contributed by atoms with Gasteiger partial charge in [0.2, 0.25) is 0 Å². The molecule has 0 aliphatic heterocycles. The lowest BCUT2D eigenvalue weighted by Gasteiger charge is -2.02. The van der Waals surface area contributed by atoms with Gasteiger partial charge in [-0.15, -0.1) is 0 Å². The summed E-state index contributed by atoms with van der Waals surface area (Å²) in [6.45, 7) is 0. The van der Waals surface area contributed by atoms with Crippen LogP contribution in [0, 0.1) is 0 Å². The topological polar surface area (TPSA) is 13.1 Å². The molecule has 0 saturated carbocycles. The molecule has 0 saturated heterocycles. The van der Waals surface area contributed by atoms with Crippen LogP contribution in [0.3, 0.4) is 0 Å². The van der Waals surface area contributed by atoms with Gasteiger partial charge < -0.3 is 4.42 Å². The molecular weight excluding hydrogens is 356 g/mol. The first-order valence-corrected chi connectivity index (χ1v) is 7.53. The lowest BCUT2D eigenvalue weighted by Crippen LogP contribution is -1.81. The quantitative estimate of drug-likeness (QED) is 0.526. The molecule has 0 aliphatic carbocycles. The Bertz CT molecular complexity index is 701. The molecule has 0 fully saturated rings. The van der Waals surface area contributed by atoms with Gasteiger partial charge in [0.05, 0.1) is 0 Å². The van der Waals surface area contributed by atoms with Crippen LogP contribution in [-0.4, -0.2) is 0 Å². The monoisotopic (exact) mass is 364 g/mol. The molecular formula is C15H10Br2O. The maximum atomic E-state index is 5.73. The van der Waals surface area contributed by atoms with E-state index in [2.05, 4.69) is 62.2 Å². The number of alkyl halides is 1. The maximum absolute atomic E-state index is 5.73. The van der Waals surface area contributed by atoms with Gasteiger partial charge in [-0.1, -0.05) is 58.4 Å². The van der Waals surface area contributed by atoms with Gasteiger partial charge in [-0.3, -0.25) is 0 Å². The van der Waals surface area contributed by atoms with Gasteiger partial charge >= 0.3 is 0 Å². The Balaban J connectivity index is 2.27. The molecule has 18 heavy (non-hydrogen) atoms. The van der Waals surface area contributed by atoms with Crippen LogP contribution >= 0.6 is 31.9 Å². The highest BCUT2D eigenvalue weighted by Crippen LogP contribution is 2.38. The van der Waals surface area contributed by atoms with Gasteiger partial charge in [0.1, 0.15) is 5.58 Å². The number of para-hydroxylation sites is 1. The SMILES string of the molecule is BrCc1cccc(-c2c(Br)oc3ccccc23)c1. The van der Waals surface area contributed by atoms with Gasteiger partial charge in [-0.05, 0) is 33.1 Å². The summed E-state index contributed by atoms with van der Waals surface area (Å²) in [4.78, 5) is 0. The van der Waals surface area contributed by atoms with Gasteiger partial charge in [0.15, 0.2) is 4.67 Å². The molecule has 3 aromatic rings. The fraction of sp³-hybridized carbons (Fsp3) is 0.0667. The predicted octanol–water partition coefficient (Wildman–Crippen LogP) is 5.76. The molecule has 90 valence electrons. The molecule has 1 heterocycles. The minimum atomic E-state index is 0.787. The van der Waals surface area contributed by atoms with Crippen LogP contribution in [0.25, 0.3) is 22.1 Å². The molecule has 3 rings (SSSR count). The molecule has 0 spiro atoms. The minimum absolute atomic E-state index is 0.787. The molecule has 0 amide bonds. The Labute approximate surface area is 122 Å². The van der Waals surface area contributed by atoms with Crippen LogP contribution in [-0.2, 0) is 5.33 Å². The molecule has 0 unspecified atom stereocenters. The summed E-state index contributed by atoms with van der Waals surface area (Å²) in [6, 6.07) is 16.5. The van der Waals surface area contributed by atoms with E-state index in [0.717, 1.165) is 26.5 Å². The van der Waals surface area contributed by atoms with Crippen molar-refractivity contribution in [1.29, 1.82) is 0 Å². The second-order valence-corrected chi connectivity index (χ2v) is 5.36. The number of benzene rings is 2. The van der Waals surface area contributed by atoms with E-state index >= 15 is 0 Å². The molecule has 0 N–H and O–H groups in total. The molecule has 0 radical (unpaired) electrons. The highest BCUT2D eigenvalue weighted by Gasteiger charge is 2.13. The predicted molar refractivity (Wildman–Crippen MR) is 82.0 cm³/mol. The summed E-state index contributed by atoms with van der Waals surface area (Å²) < 4.78 is 6.52. The van der Waals surface area contributed by atoms with Crippen molar-refractivity contribution in [3.05, 3.63) is 58.8 Å². The zero-order valence-corrected chi connectivity index (χ0v) is 12.7. The summed E-state index contributed by atoms with van der Waals surface area (Å²) in [5.74, 6) is 0. The molecule has 3 heteroatoms. The fourth-order valence-corrected chi connectivity index (χ4v) is 3.06. The van der Waals surface area contributed by atoms with Crippen molar-refractivity contribution < 1.29 is 4.42 Å². The van der Waals surface area contributed by atoms with Gasteiger partial charge in [-0.25, -0.2) is 0 Å². The van der Waals surface area contributed by atoms with E-state index in [0.29, 0.717) is 0 Å².